The van der Waals surface area contributed by atoms with E-state index in [0.29, 0.717) is 0 Å². The van der Waals surface area contributed by atoms with E-state index in [0.717, 1.165) is 15.9 Å². The van der Waals surface area contributed by atoms with E-state index in [9.17, 15) is 0 Å². The number of thiophene rings is 1. The first-order chi connectivity index (χ1) is 19.6. The molecule has 5 heterocycles. The second kappa shape index (κ2) is 33.8. The summed E-state index contributed by atoms with van der Waals surface area (Å²) >= 11 is 1.70. The molecule has 5 aromatic heterocycles. The van der Waals surface area contributed by atoms with Crippen LogP contribution in [0.5, 0.6) is 0 Å². The summed E-state index contributed by atoms with van der Waals surface area (Å²) in [5, 5.41) is 4.56. The van der Waals surface area contributed by atoms with Crippen molar-refractivity contribution in [3.8, 4) is 0 Å². The van der Waals surface area contributed by atoms with Crippen LogP contribution in [-0.2, 0) is 0 Å². The molecule has 0 amide bonds. The topological polar surface area (TPSA) is 51.6 Å². The minimum absolute atomic E-state index is 0.826. The Bertz CT molecular complexity index is 1150. The van der Waals surface area contributed by atoms with Gasteiger partial charge in [0.2, 0.25) is 0 Å². The number of aryl methyl sites for hydroxylation is 3. The van der Waals surface area contributed by atoms with Gasteiger partial charge in [0.15, 0.2) is 5.65 Å². The molecule has 40 heavy (non-hydrogen) atoms. The van der Waals surface area contributed by atoms with Gasteiger partial charge in [-0.2, -0.15) is 0 Å². The lowest BCUT2D eigenvalue weighted by Crippen LogP contribution is -1.83. The van der Waals surface area contributed by atoms with Gasteiger partial charge in [0, 0.05) is 41.8 Å². The summed E-state index contributed by atoms with van der Waals surface area (Å²) in [7, 11) is 0. The third-order valence-corrected chi connectivity index (χ3v) is 5.14. The molecule has 5 rings (SSSR count). The van der Waals surface area contributed by atoms with E-state index in [1.807, 2.05) is 133 Å². The molecule has 0 aromatic carbocycles. The van der Waals surface area contributed by atoms with Gasteiger partial charge in [-0.25, -0.2) is 15.0 Å². The highest BCUT2D eigenvalue weighted by molar-refractivity contribution is 7.16. The van der Waals surface area contributed by atoms with E-state index in [4.69, 9.17) is 0 Å². The van der Waals surface area contributed by atoms with Crippen LogP contribution in [0.1, 0.15) is 99.8 Å². The maximum Gasteiger partial charge on any atom is 0.159 e. The van der Waals surface area contributed by atoms with Crippen molar-refractivity contribution in [3.63, 3.8) is 0 Å². The standard InChI is InChI=1S/C9H8N2.C8H7NS.C6H7N.6C2H6/c1-7-4-6-11-9-8(7)3-2-5-10-9;1-6-5-10-8-7(6)3-2-4-9-8;1-6-2-4-7-5-3-6;6*1-2/h2-6H,1H3;2-5H,1H3;2-5H,1H3;6*1-2H3. The molecule has 0 radical (unpaired) electrons. The van der Waals surface area contributed by atoms with Crippen molar-refractivity contribution in [1.29, 1.82) is 0 Å². The quantitative estimate of drug-likeness (QED) is 0.187. The van der Waals surface area contributed by atoms with Crippen molar-refractivity contribution in [3.05, 3.63) is 95.5 Å². The number of rotatable bonds is 0. The molecule has 5 heteroatoms. The minimum Gasteiger partial charge on any atom is -0.265 e. The first-order valence-electron chi connectivity index (χ1n) is 15.0. The van der Waals surface area contributed by atoms with Gasteiger partial charge in [-0.05, 0) is 79.2 Å². The zero-order valence-electron chi connectivity index (χ0n) is 28.2. The van der Waals surface area contributed by atoms with Crippen molar-refractivity contribution in [1.82, 2.24) is 19.9 Å². The number of aromatic nitrogens is 4. The van der Waals surface area contributed by atoms with Crippen LogP contribution in [0.25, 0.3) is 21.3 Å². The van der Waals surface area contributed by atoms with Gasteiger partial charge in [0.05, 0.1) is 0 Å². The van der Waals surface area contributed by atoms with E-state index >= 15 is 0 Å². The maximum absolute atomic E-state index is 4.22. The number of hydrogen-bond donors (Lipinski definition) is 0. The Morgan fingerprint density at radius 2 is 0.950 bits per heavy atom. The van der Waals surface area contributed by atoms with Crippen LogP contribution in [0.2, 0.25) is 0 Å². The van der Waals surface area contributed by atoms with Gasteiger partial charge in [0.25, 0.3) is 0 Å². The molecular weight excluding hydrogens is 508 g/mol. The summed E-state index contributed by atoms with van der Waals surface area (Å²) in [6.07, 6.45) is 8.95. The van der Waals surface area contributed by atoms with Gasteiger partial charge >= 0.3 is 0 Å². The molecule has 0 aliphatic carbocycles. The molecule has 0 aliphatic rings. The Morgan fingerprint density at radius 3 is 1.40 bits per heavy atom. The van der Waals surface area contributed by atoms with E-state index in [-0.39, 0.29) is 0 Å². The van der Waals surface area contributed by atoms with E-state index in [2.05, 4.69) is 45.2 Å². The second-order valence-electron chi connectivity index (χ2n) is 6.30. The Kier molecular flexibility index (Phi) is 37.1. The Hall–Kier alpha value is -3.18. The Morgan fingerprint density at radius 1 is 0.475 bits per heavy atom. The van der Waals surface area contributed by atoms with Crippen LogP contribution in [0, 0.1) is 20.8 Å². The molecule has 4 nitrogen and oxygen atoms in total. The zero-order valence-corrected chi connectivity index (χ0v) is 29.0. The summed E-state index contributed by atoms with van der Waals surface area (Å²) < 4.78 is 0. The highest BCUT2D eigenvalue weighted by Gasteiger charge is 1.97. The third kappa shape index (κ3) is 19.0. The first kappa shape index (κ1) is 43.9. The molecular formula is C35H58N4S. The second-order valence-corrected chi connectivity index (χ2v) is 7.16. The van der Waals surface area contributed by atoms with Gasteiger partial charge in [-0.3, -0.25) is 4.98 Å². The number of fused-ring (bicyclic) bond motifs is 2. The van der Waals surface area contributed by atoms with Crippen LogP contribution in [0.4, 0.5) is 0 Å². The summed E-state index contributed by atoms with van der Waals surface area (Å²) in [4.78, 5) is 17.5. The molecule has 0 bridgehead atoms. The lowest BCUT2D eigenvalue weighted by atomic mass is 10.2. The van der Waals surface area contributed by atoms with Crippen LogP contribution < -0.4 is 0 Å². The number of pyridine rings is 4. The molecule has 0 N–H and O–H groups in total. The molecule has 5 aromatic rings. The highest BCUT2D eigenvalue weighted by Crippen LogP contribution is 2.21. The van der Waals surface area contributed by atoms with E-state index in [1.165, 1.54) is 22.1 Å². The molecule has 0 spiro atoms. The van der Waals surface area contributed by atoms with Crippen LogP contribution >= 0.6 is 11.3 Å². The summed E-state index contributed by atoms with van der Waals surface area (Å²) in [6.45, 7) is 30.2. The number of hydrogen-bond acceptors (Lipinski definition) is 5. The molecule has 224 valence electrons. The molecule has 0 unspecified atom stereocenters. The van der Waals surface area contributed by atoms with Crippen LogP contribution in [-0.4, -0.2) is 19.9 Å². The lowest BCUT2D eigenvalue weighted by molar-refractivity contribution is 1.27. The molecule has 0 saturated carbocycles. The maximum atomic E-state index is 4.22. The molecule has 0 saturated heterocycles. The average Bonchev–Trinajstić information content (AvgIpc) is 3.45. The average molecular weight is 567 g/mol. The van der Waals surface area contributed by atoms with Crippen molar-refractivity contribution in [2.45, 2.75) is 104 Å². The third-order valence-electron chi connectivity index (χ3n) is 4.12. The van der Waals surface area contributed by atoms with Gasteiger partial charge in [0.1, 0.15) is 4.83 Å². The smallest absolute Gasteiger partial charge is 0.159 e. The molecule has 0 atom stereocenters. The number of nitrogens with zero attached hydrogens (tertiary/aromatic N) is 4. The first-order valence-corrected chi connectivity index (χ1v) is 15.8. The molecule has 0 aliphatic heterocycles. The SMILES string of the molecule is CC.CC.CC.CC.CC.CC.Cc1ccnc2ncccc12.Cc1ccncc1.Cc1csc2ncccc12. The van der Waals surface area contributed by atoms with E-state index < -0.39 is 0 Å². The van der Waals surface area contributed by atoms with Gasteiger partial charge in [-0.1, -0.05) is 89.2 Å². The zero-order chi connectivity index (χ0) is 31.8. The Labute approximate surface area is 251 Å². The monoisotopic (exact) mass is 566 g/mol. The van der Waals surface area contributed by atoms with Crippen LogP contribution in [0.15, 0.2) is 78.8 Å². The molecule has 0 fully saturated rings. The predicted octanol–water partition coefficient (Wildman–Crippen LogP) is 12.1. The summed E-state index contributed by atoms with van der Waals surface area (Å²) in [6, 6.07) is 14.0. The summed E-state index contributed by atoms with van der Waals surface area (Å²) in [5.41, 5.74) is 4.64. The van der Waals surface area contributed by atoms with Crippen molar-refractivity contribution >= 4 is 32.6 Å². The predicted molar refractivity (Wildman–Crippen MR) is 186 cm³/mol. The van der Waals surface area contributed by atoms with Crippen molar-refractivity contribution in [2.75, 3.05) is 0 Å². The normalized spacial score (nSPS) is 7.88. The van der Waals surface area contributed by atoms with E-state index in [1.54, 1.807) is 36.1 Å². The van der Waals surface area contributed by atoms with Crippen LogP contribution in [0.3, 0.4) is 0 Å². The highest BCUT2D eigenvalue weighted by atomic mass is 32.1. The lowest BCUT2D eigenvalue weighted by Gasteiger charge is -1.96. The van der Waals surface area contributed by atoms with Crippen molar-refractivity contribution < 1.29 is 0 Å². The fraction of sp³-hybridized carbons (Fsp3) is 0.429. The van der Waals surface area contributed by atoms with Gasteiger partial charge < -0.3 is 0 Å². The summed E-state index contributed by atoms with van der Waals surface area (Å²) in [5.74, 6) is 0. The van der Waals surface area contributed by atoms with Gasteiger partial charge in [-0.15, -0.1) is 11.3 Å². The van der Waals surface area contributed by atoms with Crippen molar-refractivity contribution in [2.24, 2.45) is 0 Å². The fourth-order valence-corrected chi connectivity index (χ4v) is 3.43. The fourth-order valence-electron chi connectivity index (χ4n) is 2.54. The minimum atomic E-state index is 0.826. The Balaban J connectivity index is -0.000000207. The largest absolute Gasteiger partial charge is 0.265 e.